The summed E-state index contributed by atoms with van der Waals surface area (Å²) in [7, 11) is 6.66. The molecule has 168 valence electrons. The molecule has 0 N–H and O–H groups in total. The first-order valence-electron chi connectivity index (χ1n) is 10.3. The fourth-order valence-corrected chi connectivity index (χ4v) is 3.67. The van der Waals surface area contributed by atoms with Crippen LogP contribution < -0.4 is 0 Å². The maximum atomic E-state index is 13.4. The van der Waals surface area contributed by atoms with E-state index in [1.165, 1.54) is 22.4 Å². The molecule has 0 unspecified atom stereocenters. The lowest BCUT2D eigenvalue weighted by atomic mass is 9.94. The third-order valence-corrected chi connectivity index (χ3v) is 5.08. The van der Waals surface area contributed by atoms with Gasteiger partial charge in [0.25, 0.3) is 0 Å². The van der Waals surface area contributed by atoms with E-state index in [0.29, 0.717) is 32.0 Å². The fourth-order valence-electron chi connectivity index (χ4n) is 3.67. The number of fused-ring (bicyclic) bond motifs is 1. The molecule has 0 atom stereocenters. The van der Waals surface area contributed by atoms with Crippen molar-refractivity contribution in [2.45, 2.75) is 11.8 Å². The van der Waals surface area contributed by atoms with E-state index in [9.17, 15) is 4.39 Å². The summed E-state index contributed by atoms with van der Waals surface area (Å²) >= 11 is 0. The minimum absolute atomic E-state index is 0.0359. The zero-order chi connectivity index (χ0) is 22.5. The Labute approximate surface area is 184 Å². The van der Waals surface area contributed by atoms with E-state index in [-0.39, 0.29) is 17.7 Å². The second-order valence-electron chi connectivity index (χ2n) is 7.31. The van der Waals surface area contributed by atoms with Crippen molar-refractivity contribution in [3.05, 3.63) is 83.7 Å². The van der Waals surface area contributed by atoms with Crippen LogP contribution in [-0.4, -0.2) is 54.9 Å². The van der Waals surface area contributed by atoms with Gasteiger partial charge in [-0.2, -0.15) is 0 Å². The summed E-state index contributed by atoms with van der Waals surface area (Å²) in [6.45, 7) is 2.30. The quantitative estimate of drug-likeness (QED) is 0.432. The molecule has 0 radical (unpaired) electrons. The Morgan fingerprint density at radius 1 is 0.581 bits per heavy atom. The van der Waals surface area contributed by atoms with Gasteiger partial charge in [0.05, 0.1) is 26.4 Å². The number of benzene rings is 3. The molecule has 0 aromatic heterocycles. The first-order valence-corrected chi connectivity index (χ1v) is 10.3. The Balaban J connectivity index is 0.000000225. The topological polar surface area (TPSA) is 36.9 Å². The summed E-state index contributed by atoms with van der Waals surface area (Å²) < 4.78 is 34.0. The molecule has 3 aromatic rings. The molecule has 4 nitrogen and oxygen atoms in total. The molecule has 0 spiro atoms. The van der Waals surface area contributed by atoms with E-state index in [4.69, 9.17) is 18.9 Å². The lowest BCUT2D eigenvalue weighted by Gasteiger charge is -2.17. The number of halogens is 1. The Morgan fingerprint density at radius 3 is 1.61 bits per heavy atom. The predicted octanol–water partition coefficient (Wildman–Crippen LogP) is 5.42. The van der Waals surface area contributed by atoms with Crippen LogP contribution in [0.15, 0.2) is 66.7 Å². The van der Waals surface area contributed by atoms with Gasteiger partial charge in [-0.25, -0.2) is 4.39 Å². The monoisotopic (exact) mass is 428 g/mol. The summed E-state index contributed by atoms with van der Waals surface area (Å²) in [5.74, 6) is 0.0499. The normalized spacial score (nSPS) is 11.1. The van der Waals surface area contributed by atoms with E-state index >= 15 is 0 Å². The molecule has 0 saturated heterocycles. The third-order valence-electron chi connectivity index (χ3n) is 5.08. The second-order valence-corrected chi connectivity index (χ2v) is 7.31. The molecule has 0 aliphatic rings. The van der Waals surface area contributed by atoms with Crippen LogP contribution in [0.2, 0.25) is 0 Å². The molecule has 0 aliphatic heterocycles. The lowest BCUT2D eigenvalue weighted by Crippen LogP contribution is -2.13. The van der Waals surface area contributed by atoms with E-state index in [1.54, 1.807) is 40.6 Å². The molecule has 0 heterocycles. The lowest BCUT2D eigenvalue weighted by molar-refractivity contribution is 0.115. The van der Waals surface area contributed by atoms with Crippen LogP contribution in [0.3, 0.4) is 0 Å². The number of rotatable bonds is 10. The van der Waals surface area contributed by atoms with E-state index in [1.807, 2.05) is 6.07 Å². The van der Waals surface area contributed by atoms with Crippen molar-refractivity contribution in [2.75, 3.05) is 54.9 Å². The van der Waals surface area contributed by atoms with Gasteiger partial charge in [-0.05, 0) is 28.0 Å². The predicted molar refractivity (Wildman–Crippen MR) is 123 cm³/mol. The first-order chi connectivity index (χ1) is 15.2. The van der Waals surface area contributed by atoms with Gasteiger partial charge in [0.1, 0.15) is 5.82 Å². The smallest absolute Gasteiger partial charge is 0.126 e. The molecule has 3 aromatic carbocycles. The Morgan fingerprint density at radius 2 is 1.03 bits per heavy atom. The fraction of sp³-hybridized carbons (Fsp3) is 0.385. The van der Waals surface area contributed by atoms with Crippen molar-refractivity contribution in [3.8, 4) is 0 Å². The molecule has 5 heteroatoms. The van der Waals surface area contributed by atoms with Crippen LogP contribution in [0.4, 0.5) is 4.39 Å². The number of hydrogen-bond donors (Lipinski definition) is 0. The Bertz CT molecular complexity index is 882. The molecule has 3 rings (SSSR count). The highest BCUT2D eigenvalue weighted by Crippen LogP contribution is 2.26. The summed E-state index contributed by atoms with van der Waals surface area (Å²) in [6, 6.07) is 21.5. The van der Waals surface area contributed by atoms with E-state index < -0.39 is 0 Å². The number of hydrogen-bond acceptors (Lipinski definition) is 4. The summed E-state index contributed by atoms with van der Waals surface area (Å²) in [6.07, 6.45) is 0. The zero-order valence-corrected chi connectivity index (χ0v) is 18.8. The van der Waals surface area contributed by atoms with Gasteiger partial charge in [-0.3, -0.25) is 0 Å². The zero-order valence-electron chi connectivity index (χ0n) is 18.8. The van der Waals surface area contributed by atoms with Crippen LogP contribution in [0, 0.1) is 5.82 Å². The van der Waals surface area contributed by atoms with Gasteiger partial charge in [0, 0.05) is 40.3 Å². The molecule has 0 saturated carbocycles. The SMILES string of the molecule is COCC(COC)c1cccc2ccccc12.COCC(COC)c1ccccc1F. The molecule has 0 bridgehead atoms. The standard InChI is InChI=1S/C15H18O2.C11H15FO2/c1-16-10-13(11-17-2)15-9-5-7-12-6-3-4-8-14(12)15;1-13-7-9(8-14-2)10-5-3-4-6-11(10)12/h3-9,13H,10-11H2,1-2H3;3-6,9H,7-8H2,1-2H3. The minimum Gasteiger partial charge on any atom is -0.384 e. The van der Waals surface area contributed by atoms with Crippen molar-refractivity contribution >= 4 is 10.8 Å². The average Bonchev–Trinajstić information content (AvgIpc) is 2.79. The van der Waals surface area contributed by atoms with Gasteiger partial charge in [0.2, 0.25) is 0 Å². The third kappa shape index (κ3) is 7.40. The van der Waals surface area contributed by atoms with Gasteiger partial charge in [-0.1, -0.05) is 60.7 Å². The van der Waals surface area contributed by atoms with Gasteiger partial charge in [0.15, 0.2) is 0 Å². The minimum atomic E-state index is -0.202. The Kier molecular flexibility index (Phi) is 11.2. The van der Waals surface area contributed by atoms with Gasteiger partial charge < -0.3 is 18.9 Å². The molecular formula is C26H33FO4. The first kappa shape index (κ1) is 25.0. The van der Waals surface area contributed by atoms with E-state index in [0.717, 1.165) is 0 Å². The molecule has 31 heavy (non-hydrogen) atoms. The Hall–Kier alpha value is -2.31. The highest BCUT2D eigenvalue weighted by molar-refractivity contribution is 5.86. The van der Waals surface area contributed by atoms with Gasteiger partial charge in [-0.15, -0.1) is 0 Å². The summed E-state index contributed by atoms with van der Waals surface area (Å²) in [4.78, 5) is 0. The number of methoxy groups -OCH3 is 4. The van der Waals surface area contributed by atoms with Crippen LogP contribution in [0.1, 0.15) is 23.0 Å². The molecule has 0 fully saturated rings. The molecular weight excluding hydrogens is 395 g/mol. The van der Waals surface area contributed by atoms with Crippen molar-refractivity contribution in [2.24, 2.45) is 0 Å². The highest BCUT2D eigenvalue weighted by Gasteiger charge is 2.15. The van der Waals surface area contributed by atoms with E-state index in [2.05, 4.69) is 42.5 Å². The van der Waals surface area contributed by atoms with Crippen LogP contribution in [0.5, 0.6) is 0 Å². The molecule has 0 amide bonds. The van der Waals surface area contributed by atoms with Gasteiger partial charge >= 0.3 is 0 Å². The van der Waals surface area contributed by atoms with Crippen LogP contribution in [0.25, 0.3) is 10.8 Å². The van der Waals surface area contributed by atoms with Crippen molar-refractivity contribution in [3.63, 3.8) is 0 Å². The molecule has 0 aliphatic carbocycles. The largest absolute Gasteiger partial charge is 0.384 e. The number of ether oxygens (including phenoxy) is 4. The maximum Gasteiger partial charge on any atom is 0.126 e. The van der Waals surface area contributed by atoms with Crippen LogP contribution in [-0.2, 0) is 18.9 Å². The maximum absolute atomic E-state index is 13.4. The van der Waals surface area contributed by atoms with Crippen molar-refractivity contribution in [1.29, 1.82) is 0 Å². The average molecular weight is 429 g/mol. The second kappa shape index (κ2) is 13.9. The van der Waals surface area contributed by atoms with Crippen molar-refractivity contribution < 1.29 is 23.3 Å². The van der Waals surface area contributed by atoms with Crippen LogP contribution >= 0.6 is 0 Å². The highest BCUT2D eigenvalue weighted by atomic mass is 19.1. The summed E-state index contributed by atoms with van der Waals surface area (Å²) in [5.41, 5.74) is 1.95. The van der Waals surface area contributed by atoms with Crippen molar-refractivity contribution in [1.82, 2.24) is 0 Å². The summed E-state index contributed by atoms with van der Waals surface area (Å²) in [5, 5.41) is 2.55.